The van der Waals surface area contributed by atoms with Gasteiger partial charge in [0.05, 0.1) is 6.10 Å². The Hall–Kier alpha value is -0.550. The van der Waals surface area contributed by atoms with Gasteiger partial charge in [-0.25, -0.2) is 6.57 Å². The lowest BCUT2D eigenvalue weighted by Gasteiger charge is -2.09. The summed E-state index contributed by atoms with van der Waals surface area (Å²) in [6, 6.07) is 0. The molecule has 0 saturated carbocycles. The van der Waals surface area contributed by atoms with E-state index in [0.29, 0.717) is 18.6 Å². The molecule has 2 atom stereocenters. The molecule has 0 bridgehead atoms. The molecule has 1 rings (SSSR count). The molecule has 0 aliphatic carbocycles. The van der Waals surface area contributed by atoms with E-state index in [9.17, 15) is 0 Å². The van der Waals surface area contributed by atoms with E-state index in [-0.39, 0.29) is 0 Å². The zero-order chi connectivity index (χ0) is 7.40. The Labute approximate surface area is 62.0 Å². The zero-order valence-corrected chi connectivity index (χ0v) is 6.34. The monoisotopic (exact) mass is 139 g/mol. The van der Waals surface area contributed by atoms with E-state index in [0.717, 1.165) is 19.4 Å². The molecule has 0 aromatic heterocycles. The molecule has 0 spiro atoms. The van der Waals surface area contributed by atoms with Crippen LogP contribution < -0.4 is 0 Å². The van der Waals surface area contributed by atoms with Crippen LogP contribution in [0.1, 0.15) is 19.8 Å². The molecule has 1 saturated heterocycles. The molecule has 1 aliphatic rings. The standard InChI is InChI=1S/C8H13NO/c1-7-8(3-5-9-2)4-6-10-7/h7-8H,3-6H2,1H3. The summed E-state index contributed by atoms with van der Waals surface area (Å²) in [7, 11) is 0. The van der Waals surface area contributed by atoms with Crippen LogP contribution in [0.5, 0.6) is 0 Å². The van der Waals surface area contributed by atoms with Crippen LogP contribution in [0.25, 0.3) is 4.85 Å². The van der Waals surface area contributed by atoms with Gasteiger partial charge >= 0.3 is 0 Å². The Morgan fingerprint density at radius 3 is 3.00 bits per heavy atom. The smallest absolute Gasteiger partial charge is 0.215 e. The number of hydrogen-bond donors (Lipinski definition) is 0. The Balaban J connectivity index is 2.21. The highest BCUT2D eigenvalue weighted by atomic mass is 16.5. The second-order valence-corrected chi connectivity index (χ2v) is 2.80. The lowest BCUT2D eigenvalue weighted by molar-refractivity contribution is 0.105. The van der Waals surface area contributed by atoms with Gasteiger partial charge in [-0.15, -0.1) is 0 Å². The third-order valence-corrected chi connectivity index (χ3v) is 2.14. The highest BCUT2D eigenvalue weighted by Crippen LogP contribution is 2.23. The van der Waals surface area contributed by atoms with E-state index in [1.165, 1.54) is 0 Å². The first kappa shape index (κ1) is 7.56. The fourth-order valence-electron chi connectivity index (χ4n) is 1.39. The fourth-order valence-corrected chi connectivity index (χ4v) is 1.39. The van der Waals surface area contributed by atoms with E-state index in [1.807, 2.05) is 0 Å². The maximum absolute atomic E-state index is 6.62. The summed E-state index contributed by atoms with van der Waals surface area (Å²) in [5, 5.41) is 0. The highest BCUT2D eigenvalue weighted by molar-refractivity contribution is 4.75. The summed E-state index contributed by atoms with van der Waals surface area (Å²) >= 11 is 0. The average Bonchev–Trinajstić information content (AvgIpc) is 2.31. The van der Waals surface area contributed by atoms with Crippen LogP contribution in [-0.2, 0) is 4.74 Å². The summed E-state index contributed by atoms with van der Waals surface area (Å²) in [5.74, 6) is 0.647. The first-order chi connectivity index (χ1) is 4.84. The first-order valence-corrected chi connectivity index (χ1v) is 3.79. The molecule has 2 unspecified atom stereocenters. The number of ether oxygens (including phenoxy) is 1. The van der Waals surface area contributed by atoms with Gasteiger partial charge in [0.2, 0.25) is 6.54 Å². The number of nitrogens with zero attached hydrogens (tertiary/aromatic N) is 1. The van der Waals surface area contributed by atoms with Crippen LogP contribution in [0.3, 0.4) is 0 Å². The fraction of sp³-hybridized carbons (Fsp3) is 0.875. The van der Waals surface area contributed by atoms with Gasteiger partial charge in [-0.2, -0.15) is 0 Å². The molecule has 1 aliphatic heterocycles. The van der Waals surface area contributed by atoms with Crippen molar-refractivity contribution in [2.24, 2.45) is 5.92 Å². The van der Waals surface area contributed by atoms with Gasteiger partial charge in [0.25, 0.3) is 0 Å². The van der Waals surface area contributed by atoms with Gasteiger partial charge in [0.15, 0.2) is 0 Å². The van der Waals surface area contributed by atoms with Crippen LogP contribution in [0.15, 0.2) is 0 Å². The predicted molar refractivity (Wildman–Crippen MR) is 39.6 cm³/mol. The van der Waals surface area contributed by atoms with Crippen molar-refractivity contribution in [1.29, 1.82) is 0 Å². The topological polar surface area (TPSA) is 13.6 Å². The zero-order valence-electron chi connectivity index (χ0n) is 6.34. The molecular formula is C8H13NO. The summed E-state index contributed by atoms with van der Waals surface area (Å²) < 4.78 is 5.36. The first-order valence-electron chi connectivity index (χ1n) is 3.79. The molecule has 0 aromatic rings. The third-order valence-electron chi connectivity index (χ3n) is 2.14. The molecule has 56 valence electrons. The summed E-state index contributed by atoms with van der Waals surface area (Å²) in [6.07, 6.45) is 2.56. The van der Waals surface area contributed by atoms with Crippen LogP contribution >= 0.6 is 0 Å². The lowest BCUT2D eigenvalue weighted by atomic mass is 9.99. The molecule has 2 heteroatoms. The van der Waals surface area contributed by atoms with E-state index in [2.05, 4.69) is 11.8 Å². The molecular weight excluding hydrogens is 126 g/mol. The number of rotatable bonds is 2. The Kier molecular flexibility index (Phi) is 2.70. The molecule has 0 N–H and O–H groups in total. The molecule has 0 amide bonds. The SMILES string of the molecule is [C-]#[N+]CCC1CCOC1C. The second kappa shape index (κ2) is 3.58. The third kappa shape index (κ3) is 1.71. The molecule has 2 nitrogen and oxygen atoms in total. The van der Waals surface area contributed by atoms with Gasteiger partial charge in [-0.1, -0.05) is 0 Å². The maximum Gasteiger partial charge on any atom is 0.215 e. The Morgan fingerprint density at radius 1 is 1.70 bits per heavy atom. The van der Waals surface area contributed by atoms with Gasteiger partial charge in [0.1, 0.15) is 0 Å². The van der Waals surface area contributed by atoms with Crippen LogP contribution in [0, 0.1) is 12.5 Å². The van der Waals surface area contributed by atoms with Gasteiger partial charge in [-0.3, -0.25) is 0 Å². The normalized spacial score (nSPS) is 32.0. The van der Waals surface area contributed by atoms with E-state index in [4.69, 9.17) is 11.3 Å². The van der Waals surface area contributed by atoms with Crippen molar-refractivity contribution in [3.63, 3.8) is 0 Å². The molecule has 0 aromatic carbocycles. The minimum Gasteiger partial charge on any atom is -0.378 e. The van der Waals surface area contributed by atoms with Crippen LogP contribution in [0.2, 0.25) is 0 Å². The Bertz CT molecular complexity index is 139. The second-order valence-electron chi connectivity index (χ2n) is 2.80. The minimum atomic E-state index is 0.391. The predicted octanol–water partition coefficient (Wildman–Crippen LogP) is 1.72. The number of hydrogen-bond acceptors (Lipinski definition) is 1. The van der Waals surface area contributed by atoms with E-state index in [1.54, 1.807) is 0 Å². The highest BCUT2D eigenvalue weighted by Gasteiger charge is 2.24. The molecule has 1 fully saturated rings. The average molecular weight is 139 g/mol. The van der Waals surface area contributed by atoms with Crippen LogP contribution in [-0.4, -0.2) is 19.3 Å². The van der Waals surface area contributed by atoms with E-state index < -0.39 is 0 Å². The van der Waals surface area contributed by atoms with Crippen molar-refractivity contribution in [1.82, 2.24) is 0 Å². The largest absolute Gasteiger partial charge is 0.378 e. The van der Waals surface area contributed by atoms with Crippen molar-refractivity contribution in [2.75, 3.05) is 13.2 Å². The molecule has 0 radical (unpaired) electrons. The van der Waals surface area contributed by atoms with E-state index >= 15 is 0 Å². The summed E-state index contributed by atoms with van der Waals surface area (Å²) in [4.78, 5) is 3.33. The molecule has 10 heavy (non-hydrogen) atoms. The molecule has 1 heterocycles. The summed E-state index contributed by atoms with van der Waals surface area (Å²) in [6.45, 7) is 10.3. The van der Waals surface area contributed by atoms with Gasteiger partial charge in [0, 0.05) is 13.0 Å². The van der Waals surface area contributed by atoms with Crippen molar-refractivity contribution in [2.45, 2.75) is 25.9 Å². The van der Waals surface area contributed by atoms with Crippen molar-refractivity contribution >= 4 is 0 Å². The van der Waals surface area contributed by atoms with Crippen LogP contribution in [0.4, 0.5) is 0 Å². The van der Waals surface area contributed by atoms with Crippen molar-refractivity contribution in [3.8, 4) is 0 Å². The van der Waals surface area contributed by atoms with Crippen molar-refractivity contribution < 1.29 is 4.74 Å². The van der Waals surface area contributed by atoms with Gasteiger partial charge < -0.3 is 9.58 Å². The van der Waals surface area contributed by atoms with Gasteiger partial charge in [-0.05, 0) is 19.3 Å². The lowest BCUT2D eigenvalue weighted by Crippen LogP contribution is -2.11. The quantitative estimate of drug-likeness (QED) is 0.531. The van der Waals surface area contributed by atoms with Crippen molar-refractivity contribution in [3.05, 3.63) is 11.4 Å². The maximum atomic E-state index is 6.62. The minimum absolute atomic E-state index is 0.391. The summed E-state index contributed by atoms with van der Waals surface area (Å²) in [5.41, 5.74) is 0. The Morgan fingerprint density at radius 2 is 2.50 bits per heavy atom.